The molecular weight excluding hydrogens is 320 g/mol. The van der Waals surface area contributed by atoms with E-state index in [-0.39, 0.29) is 41.8 Å². The zero-order valence-corrected chi connectivity index (χ0v) is 15.3. The molecule has 7 heteroatoms. The van der Waals surface area contributed by atoms with Crippen LogP contribution in [0.3, 0.4) is 0 Å². The van der Waals surface area contributed by atoms with Gasteiger partial charge >= 0.3 is 0 Å². The molecule has 140 valence electrons. The monoisotopic (exact) mass is 350 g/mol. The summed E-state index contributed by atoms with van der Waals surface area (Å²) in [4.78, 5) is 40.5. The molecule has 0 aromatic rings. The minimum absolute atomic E-state index is 0.0444. The van der Waals surface area contributed by atoms with Gasteiger partial charge in [0.2, 0.25) is 17.7 Å². The van der Waals surface area contributed by atoms with E-state index in [1.54, 1.807) is 0 Å². The first kappa shape index (κ1) is 18.2. The lowest BCUT2D eigenvalue weighted by Gasteiger charge is -2.37. The van der Waals surface area contributed by atoms with Gasteiger partial charge in [-0.25, -0.2) is 0 Å². The molecule has 1 saturated carbocycles. The maximum absolute atomic E-state index is 12.3. The highest BCUT2D eigenvalue weighted by molar-refractivity contribution is 5.84. The van der Waals surface area contributed by atoms with Crippen LogP contribution >= 0.6 is 0 Å². The van der Waals surface area contributed by atoms with Crippen LogP contribution in [0.2, 0.25) is 0 Å². The van der Waals surface area contributed by atoms with E-state index in [4.69, 9.17) is 0 Å². The van der Waals surface area contributed by atoms with E-state index in [0.29, 0.717) is 25.9 Å². The van der Waals surface area contributed by atoms with Crippen molar-refractivity contribution < 1.29 is 14.4 Å². The average molecular weight is 350 g/mol. The number of piperazine rings is 1. The number of nitrogens with one attached hydrogen (secondary N) is 2. The van der Waals surface area contributed by atoms with Crippen LogP contribution in [0, 0.1) is 5.92 Å². The van der Waals surface area contributed by atoms with E-state index in [1.165, 1.54) is 0 Å². The highest BCUT2D eigenvalue weighted by Gasteiger charge is 2.44. The summed E-state index contributed by atoms with van der Waals surface area (Å²) in [6.45, 7) is 6.75. The summed E-state index contributed by atoms with van der Waals surface area (Å²) in [5, 5.41) is 6.08. The summed E-state index contributed by atoms with van der Waals surface area (Å²) in [7, 11) is 0. The van der Waals surface area contributed by atoms with Gasteiger partial charge in [-0.15, -0.1) is 0 Å². The molecule has 3 aliphatic rings. The largest absolute Gasteiger partial charge is 0.353 e. The van der Waals surface area contributed by atoms with Gasteiger partial charge in [-0.3, -0.25) is 19.3 Å². The fourth-order valence-electron chi connectivity index (χ4n) is 4.04. The van der Waals surface area contributed by atoms with Crippen LogP contribution in [0.25, 0.3) is 0 Å². The van der Waals surface area contributed by atoms with Gasteiger partial charge < -0.3 is 15.5 Å². The minimum Gasteiger partial charge on any atom is -0.353 e. The lowest BCUT2D eigenvalue weighted by Crippen LogP contribution is -2.58. The van der Waals surface area contributed by atoms with Gasteiger partial charge in [-0.2, -0.15) is 0 Å². The number of carbonyl (C=O) groups excluding carboxylic acids is 3. The Hall–Kier alpha value is -1.63. The molecule has 7 nitrogen and oxygen atoms in total. The van der Waals surface area contributed by atoms with Crippen LogP contribution in [0.5, 0.6) is 0 Å². The fraction of sp³-hybridized carbons (Fsp3) is 0.833. The predicted octanol–water partition coefficient (Wildman–Crippen LogP) is 0.103. The molecule has 2 N–H and O–H groups in total. The topological polar surface area (TPSA) is 81.8 Å². The Balaban J connectivity index is 1.55. The van der Waals surface area contributed by atoms with Crippen molar-refractivity contribution in [1.82, 2.24) is 20.4 Å². The third-order valence-electron chi connectivity index (χ3n) is 5.72. The lowest BCUT2D eigenvalue weighted by atomic mass is 10.0. The highest BCUT2D eigenvalue weighted by atomic mass is 16.2. The Morgan fingerprint density at radius 1 is 1.28 bits per heavy atom. The third kappa shape index (κ3) is 4.14. The van der Waals surface area contributed by atoms with Gasteiger partial charge in [0.25, 0.3) is 0 Å². The van der Waals surface area contributed by atoms with Crippen LogP contribution in [-0.4, -0.2) is 71.8 Å². The number of amides is 3. The summed E-state index contributed by atoms with van der Waals surface area (Å²) < 4.78 is 0. The molecule has 2 aliphatic heterocycles. The molecule has 0 aromatic heterocycles. The van der Waals surface area contributed by atoms with Crippen molar-refractivity contribution in [3.63, 3.8) is 0 Å². The van der Waals surface area contributed by atoms with E-state index < -0.39 is 0 Å². The molecule has 0 spiro atoms. The molecule has 1 aliphatic carbocycles. The molecular formula is C18H30N4O3. The van der Waals surface area contributed by atoms with E-state index >= 15 is 0 Å². The average Bonchev–Trinajstić information content (AvgIpc) is 3.36. The number of hydrogen-bond acceptors (Lipinski definition) is 4. The Morgan fingerprint density at radius 3 is 2.64 bits per heavy atom. The smallest absolute Gasteiger partial charge is 0.237 e. The van der Waals surface area contributed by atoms with Crippen molar-refractivity contribution in [3.8, 4) is 0 Å². The van der Waals surface area contributed by atoms with Crippen LogP contribution in [0.15, 0.2) is 0 Å². The molecule has 2 saturated heterocycles. The molecule has 2 heterocycles. The van der Waals surface area contributed by atoms with Crippen LogP contribution in [0.4, 0.5) is 0 Å². The number of fused-ring (bicyclic) bond motifs is 1. The second kappa shape index (κ2) is 7.72. The number of rotatable bonds is 7. The van der Waals surface area contributed by atoms with Crippen molar-refractivity contribution in [2.75, 3.05) is 26.2 Å². The SMILES string of the molecule is CCN(CC)C(=O)CC[C@@H]1CNC(=O)[C@@H]2C[C@H](NC(=O)C3CC3)CN12. The first-order chi connectivity index (χ1) is 12.0. The summed E-state index contributed by atoms with van der Waals surface area (Å²) >= 11 is 0. The van der Waals surface area contributed by atoms with Crippen molar-refractivity contribution in [1.29, 1.82) is 0 Å². The normalized spacial score (nSPS) is 29.0. The van der Waals surface area contributed by atoms with Crippen LogP contribution < -0.4 is 10.6 Å². The molecule has 0 aromatic carbocycles. The second-order valence-electron chi connectivity index (χ2n) is 7.43. The van der Waals surface area contributed by atoms with Gasteiger partial charge in [0, 0.05) is 50.6 Å². The fourth-order valence-corrected chi connectivity index (χ4v) is 4.04. The summed E-state index contributed by atoms with van der Waals surface area (Å²) in [6.07, 6.45) is 3.90. The molecule has 25 heavy (non-hydrogen) atoms. The third-order valence-corrected chi connectivity index (χ3v) is 5.72. The first-order valence-electron chi connectivity index (χ1n) is 9.65. The summed E-state index contributed by atoms with van der Waals surface area (Å²) in [6, 6.07) is 0.0415. The Labute approximate surface area is 149 Å². The zero-order chi connectivity index (χ0) is 18.0. The van der Waals surface area contributed by atoms with Gasteiger partial charge in [0.05, 0.1) is 6.04 Å². The van der Waals surface area contributed by atoms with E-state index in [0.717, 1.165) is 32.4 Å². The molecule has 3 amide bonds. The Bertz CT molecular complexity index is 530. The van der Waals surface area contributed by atoms with Gasteiger partial charge in [-0.1, -0.05) is 0 Å². The van der Waals surface area contributed by atoms with E-state index in [9.17, 15) is 14.4 Å². The lowest BCUT2D eigenvalue weighted by molar-refractivity contribution is -0.132. The molecule has 3 rings (SSSR count). The first-order valence-corrected chi connectivity index (χ1v) is 9.65. The molecule has 3 fully saturated rings. The number of carbonyl (C=O) groups is 3. The molecule has 0 radical (unpaired) electrons. The Morgan fingerprint density at radius 2 is 2.00 bits per heavy atom. The van der Waals surface area contributed by atoms with Gasteiger partial charge in [0.1, 0.15) is 0 Å². The summed E-state index contributed by atoms with van der Waals surface area (Å²) in [5.41, 5.74) is 0. The van der Waals surface area contributed by atoms with Crippen LogP contribution in [0.1, 0.15) is 46.0 Å². The van der Waals surface area contributed by atoms with Crippen molar-refractivity contribution in [3.05, 3.63) is 0 Å². The molecule has 3 atom stereocenters. The van der Waals surface area contributed by atoms with E-state index in [2.05, 4.69) is 15.5 Å². The number of nitrogens with zero attached hydrogens (tertiary/aromatic N) is 2. The minimum atomic E-state index is -0.174. The van der Waals surface area contributed by atoms with Gasteiger partial charge in [0.15, 0.2) is 0 Å². The highest BCUT2D eigenvalue weighted by Crippen LogP contribution is 2.30. The van der Waals surface area contributed by atoms with Crippen molar-refractivity contribution in [2.45, 2.75) is 64.1 Å². The molecule has 0 bridgehead atoms. The molecule has 0 unspecified atom stereocenters. The van der Waals surface area contributed by atoms with E-state index in [1.807, 2.05) is 18.7 Å². The predicted molar refractivity (Wildman–Crippen MR) is 93.7 cm³/mol. The van der Waals surface area contributed by atoms with Gasteiger partial charge in [-0.05, 0) is 39.5 Å². The van der Waals surface area contributed by atoms with Crippen molar-refractivity contribution in [2.24, 2.45) is 5.92 Å². The summed E-state index contributed by atoms with van der Waals surface area (Å²) in [5.74, 6) is 0.554. The second-order valence-corrected chi connectivity index (χ2v) is 7.43. The maximum atomic E-state index is 12.3. The quantitative estimate of drug-likeness (QED) is 0.682. The Kier molecular flexibility index (Phi) is 5.61. The number of hydrogen-bond donors (Lipinski definition) is 2. The van der Waals surface area contributed by atoms with Crippen LogP contribution in [-0.2, 0) is 14.4 Å². The zero-order valence-electron chi connectivity index (χ0n) is 15.3. The van der Waals surface area contributed by atoms with Crippen molar-refractivity contribution >= 4 is 17.7 Å². The standard InChI is InChI=1S/C18H30N4O3/c1-3-21(4-2)16(23)8-7-14-10-19-18(25)15-9-13(11-22(14)15)20-17(24)12-5-6-12/h12-15H,3-11H2,1-2H3,(H,19,25)(H,20,24)/t13-,14+,15-/m0/s1. The maximum Gasteiger partial charge on any atom is 0.237 e.